The molecule has 2 heterocycles. The van der Waals surface area contributed by atoms with E-state index in [1.807, 2.05) is 18.2 Å². The largest absolute Gasteiger partial charge is 0.360 e. The molecule has 1 aromatic carbocycles. The number of nitrogens with one attached hydrogen (secondary N) is 2. The van der Waals surface area contributed by atoms with Crippen LogP contribution in [0.25, 0.3) is 11.3 Å². The van der Waals surface area contributed by atoms with Crippen molar-refractivity contribution in [2.45, 2.75) is 19.8 Å². The highest BCUT2D eigenvalue weighted by Crippen LogP contribution is 2.33. The number of nitrogens with zero attached hydrogens (tertiary/aromatic N) is 2. The third-order valence-electron chi connectivity index (χ3n) is 3.88. The van der Waals surface area contributed by atoms with E-state index in [0.29, 0.717) is 17.3 Å². The number of anilines is 1. The van der Waals surface area contributed by atoms with Gasteiger partial charge in [0.05, 0.1) is 5.69 Å². The predicted octanol–water partition coefficient (Wildman–Crippen LogP) is 2.72. The fourth-order valence-corrected chi connectivity index (χ4v) is 2.85. The first kappa shape index (κ1) is 12.8. The molecule has 110 valence electrons. The lowest BCUT2D eigenvalue weighted by Gasteiger charge is -2.15. The Kier molecular flexibility index (Phi) is 2.82. The molecular weight excluding hydrogens is 280 g/mol. The summed E-state index contributed by atoms with van der Waals surface area (Å²) in [6.45, 7) is 1.78. The van der Waals surface area contributed by atoms with Gasteiger partial charge in [-0.05, 0) is 25.3 Å². The molecule has 2 N–H and O–H groups in total. The number of hydrogen-bond acceptors (Lipinski definition) is 4. The Bertz CT molecular complexity index is 863. The van der Waals surface area contributed by atoms with Crippen molar-refractivity contribution in [1.29, 1.82) is 0 Å². The zero-order valence-electron chi connectivity index (χ0n) is 12.0. The van der Waals surface area contributed by atoms with Gasteiger partial charge in [0.2, 0.25) is 0 Å². The monoisotopic (exact) mass is 294 g/mol. The second kappa shape index (κ2) is 4.84. The highest BCUT2D eigenvalue weighted by Gasteiger charge is 2.25. The van der Waals surface area contributed by atoms with E-state index in [1.165, 1.54) is 5.56 Å². The second-order valence-corrected chi connectivity index (χ2v) is 5.36. The predicted molar refractivity (Wildman–Crippen MR) is 80.6 cm³/mol. The van der Waals surface area contributed by atoms with Crippen molar-refractivity contribution in [3.05, 3.63) is 52.9 Å². The molecule has 1 aliphatic rings. The molecule has 6 nitrogen and oxygen atoms in total. The molecule has 2 aromatic heterocycles. The minimum atomic E-state index is -0.249. The number of benzene rings is 1. The number of aromatic amines is 1. The Morgan fingerprint density at radius 1 is 1.32 bits per heavy atom. The van der Waals surface area contributed by atoms with Crippen LogP contribution in [-0.4, -0.2) is 21.3 Å². The van der Waals surface area contributed by atoms with Crippen molar-refractivity contribution in [2.24, 2.45) is 0 Å². The molecular formula is C16H14N4O2. The minimum absolute atomic E-state index is 0.249. The quantitative estimate of drug-likeness (QED) is 0.761. The maximum Gasteiger partial charge on any atom is 0.275 e. The van der Waals surface area contributed by atoms with Crippen LogP contribution in [0.4, 0.5) is 5.82 Å². The van der Waals surface area contributed by atoms with Crippen molar-refractivity contribution in [1.82, 2.24) is 15.4 Å². The van der Waals surface area contributed by atoms with Gasteiger partial charge in [0, 0.05) is 17.2 Å². The lowest BCUT2D eigenvalue weighted by Crippen LogP contribution is -2.16. The molecule has 6 heteroatoms. The summed E-state index contributed by atoms with van der Waals surface area (Å²) in [5.74, 6) is 0.805. The van der Waals surface area contributed by atoms with E-state index in [0.717, 1.165) is 29.7 Å². The molecule has 0 saturated carbocycles. The van der Waals surface area contributed by atoms with Crippen LogP contribution in [-0.2, 0) is 12.8 Å². The molecule has 0 bridgehead atoms. The number of fused-ring (bicyclic) bond motifs is 3. The van der Waals surface area contributed by atoms with E-state index >= 15 is 0 Å². The van der Waals surface area contributed by atoms with Crippen molar-refractivity contribution in [3.8, 4) is 11.3 Å². The SMILES string of the molecule is Cc1cc(NC(=O)c2[nH]nc3c2CCc2ccccc2-3)no1. The van der Waals surface area contributed by atoms with E-state index < -0.39 is 0 Å². The van der Waals surface area contributed by atoms with Gasteiger partial charge in [-0.25, -0.2) is 0 Å². The van der Waals surface area contributed by atoms with Crippen molar-refractivity contribution in [3.63, 3.8) is 0 Å². The van der Waals surface area contributed by atoms with Gasteiger partial charge in [-0.2, -0.15) is 5.10 Å². The van der Waals surface area contributed by atoms with Gasteiger partial charge < -0.3 is 9.84 Å². The van der Waals surface area contributed by atoms with Crippen LogP contribution in [0.2, 0.25) is 0 Å². The lowest BCUT2D eigenvalue weighted by molar-refractivity contribution is 0.102. The van der Waals surface area contributed by atoms with Crippen LogP contribution in [0.3, 0.4) is 0 Å². The molecule has 22 heavy (non-hydrogen) atoms. The molecule has 0 fully saturated rings. The standard InChI is InChI=1S/C16H14N4O2/c1-9-8-13(20-22-9)17-16(21)15-12-7-6-10-4-2-3-5-11(10)14(12)18-19-15/h2-5,8H,6-7H2,1H3,(H,18,19)(H,17,20,21). The van der Waals surface area contributed by atoms with Crippen LogP contribution < -0.4 is 5.32 Å². The normalized spacial score (nSPS) is 12.6. The fraction of sp³-hybridized carbons (Fsp3) is 0.188. The van der Waals surface area contributed by atoms with Crippen LogP contribution in [0, 0.1) is 6.92 Å². The van der Waals surface area contributed by atoms with E-state index in [-0.39, 0.29) is 5.91 Å². The number of H-pyrrole nitrogens is 1. The fourth-order valence-electron chi connectivity index (χ4n) is 2.85. The zero-order valence-corrected chi connectivity index (χ0v) is 12.0. The zero-order chi connectivity index (χ0) is 15.1. The van der Waals surface area contributed by atoms with E-state index in [2.05, 4.69) is 26.7 Å². The number of carbonyl (C=O) groups excluding carboxylic acids is 1. The third kappa shape index (κ3) is 2.00. The van der Waals surface area contributed by atoms with E-state index in [9.17, 15) is 4.79 Å². The van der Waals surface area contributed by atoms with Crippen molar-refractivity contribution < 1.29 is 9.32 Å². The van der Waals surface area contributed by atoms with E-state index in [1.54, 1.807) is 13.0 Å². The summed E-state index contributed by atoms with van der Waals surface area (Å²) >= 11 is 0. The maximum atomic E-state index is 12.4. The molecule has 0 radical (unpaired) electrons. The summed E-state index contributed by atoms with van der Waals surface area (Å²) in [4.78, 5) is 12.4. The lowest BCUT2D eigenvalue weighted by atomic mass is 9.89. The van der Waals surface area contributed by atoms with Crippen LogP contribution in [0.15, 0.2) is 34.9 Å². The first-order chi connectivity index (χ1) is 10.7. The average molecular weight is 294 g/mol. The molecule has 1 amide bonds. The second-order valence-electron chi connectivity index (χ2n) is 5.36. The van der Waals surface area contributed by atoms with Gasteiger partial charge in [-0.15, -0.1) is 0 Å². The Labute approximate surface area is 126 Å². The molecule has 1 aliphatic carbocycles. The van der Waals surface area contributed by atoms with E-state index in [4.69, 9.17) is 4.52 Å². The van der Waals surface area contributed by atoms with Crippen LogP contribution in [0.1, 0.15) is 27.4 Å². The average Bonchev–Trinajstić information content (AvgIpc) is 3.13. The molecule has 4 rings (SSSR count). The van der Waals surface area contributed by atoms with Gasteiger partial charge in [-0.3, -0.25) is 9.89 Å². The van der Waals surface area contributed by atoms with Gasteiger partial charge in [0.15, 0.2) is 5.82 Å². The van der Waals surface area contributed by atoms with Gasteiger partial charge in [0.1, 0.15) is 11.5 Å². The first-order valence-electron chi connectivity index (χ1n) is 7.12. The smallest absolute Gasteiger partial charge is 0.275 e. The summed E-state index contributed by atoms with van der Waals surface area (Å²) < 4.78 is 4.95. The first-order valence-corrected chi connectivity index (χ1v) is 7.12. The van der Waals surface area contributed by atoms with Crippen LogP contribution in [0.5, 0.6) is 0 Å². The Morgan fingerprint density at radius 2 is 2.18 bits per heavy atom. The number of rotatable bonds is 2. The highest BCUT2D eigenvalue weighted by molar-refractivity contribution is 6.04. The summed E-state index contributed by atoms with van der Waals surface area (Å²) in [5, 5.41) is 13.7. The third-order valence-corrected chi connectivity index (χ3v) is 3.88. The minimum Gasteiger partial charge on any atom is -0.360 e. The summed E-state index contributed by atoms with van der Waals surface area (Å²) in [6.07, 6.45) is 1.70. The number of carbonyl (C=O) groups is 1. The van der Waals surface area contributed by atoms with Gasteiger partial charge in [-0.1, -0.05) is 29.4 Å². The highest BCUT2D eigenvalue weighted by atomic mass is 16.5. The summed E-state index contributed by atoms with van der Waals surface area (Å²) in [7, 11) is 0. The molecule has 0 saturated heterocycles. The molecule has 3 aromatic rings. The molecule has 0 spiro atoms. The van der Waals surface area contributed by atoms with Crippen molar-refractivity contribution in [2.75, 3.05) is 5.32 Å². The summed E-state index contributed by atoms with van der Waals surface area (Å²) in [5.41, 5.74) is 4.67. The molecule has 0 aliphatic heterocycles. The maximum absolute atomic E-state index is 12.4. The van der Waals surface area contributed by atoms with Gasteiger partial charge in [0.25, 0.3) is 5.91 Å². The number of aromatic nitrogens is 3. The van der Waals surface area contributed by atoms with Crippen molar-refractivity contribution >= 4 is 11.7 Å². The Morgan fingerprint density at radius 3 is 3.00 bits per heavy atom. The number of amides is 1. The topological polar surface area (TPSA) is 83.8 Å². The van der Waals surface area contributed by atoms with Gasteiger partial charge >= 0.3 is 0 Å². The molecule has 0 atom stereocenters. The number of aryl methyl sites for hydroxylation is 2. The Hall–Kier alpha value is -2.89. The van der Waals surface area contributed by atoms with Crippen LogP contribution >= 0.6 is 0 Å². The summed E-state index contributed by atoms with van der Waals surface area (Å²) in [6, 6.07) is 9.83. The molecule has 0 unspecified atom stereocenters. The Balaban J connectivity index is 1.68. The number of hydrogen-bond donors (Lipinski definition) is 2.